The number of nitrogens with one attached hydrogen (secondary N) is 1. The number of anilines is 1. The highest BCUT2D eigenvalue weighted by atomic mass is 35.5. The van der Waals surface area contributed by atoms with Crippen LogP contribution in [-0.2, 0) is 10.3 Å². The third-order valence-electron chi connectivity index (χ3n) is 2.36. The molecule has 3 N–H and O–H groups in total. The molecule has 1 heterocycles. The molecule has 3 nitrogen and oxygen atoms in total. The van der Waals surface area contributed by atoms with E-state index in [0.717, 1.165) is 0 Å². The fourth-order valence-electron chi connectivity index (χ4n) is 1.47. The van der Waals surface area contributed by atoms with Crippen molar-refractivity contribution in [2.75, 3.05) is 5.32 Å². The predicted octanol–water partition coefficient (Wildman–Crippen LogP) is 1.61. The molecule has 0 spiro atoms. The van der Waals surface area contributed by atoms with Crippen LogP contribution in [-0.4, -0.2) is 5.91 Å². The Hall–Kier alpha value is -1.13. The summed E-state index contributed by atoms with van der Waals surface area (Å²) in [5, 5.41) is 2.35. The van der Waals surface area contributed by atoms with Crippen molar-refractivity contribution in [2.24, 2.45) is 5.73 Å². The lowest BCUT2D eigenvalue weighted by molar-refractivity contribution is -0.120. The maximum Gasteiger partial charge on any atom is 0.248 e. The van der Waals surface area contributed by atoms with Crippen molar-refractivity contribution in [1.82, 2.24) is 0 Å². The summed E-state index contributed by atoms with van der Waals surface area (Å²) in [7, 11) is 0. The molecule has 0 unspecified atom stereocenters. The van der Waals surface area contributed by atoms with Crippen molar-refractivity contribution in [3.8, 4) is 0 Å². The van der Waals surface area contributed by atoms with Crippen molar-refractivity contribution in [3.05, 3.63) is 28.5 Å². The summed E-state index contributed by atoms with van der Waals surface area (Å²) >= 11 is 5.57. The molecule has 1 aliphatic heterocycles. The zero-order valence-electron chi connectivity index (χ0n) is 7.40. The van der Waals surface area contributed by atoms with Crippen LogP contribution in [0.3, 0.4) is 0 Å². The van der Waals surface area contributed by atoms with E-state index in [4.69, 9.17) is 17.3 Å². The number of amides is 1. The summed E-state index contributed by atoms with van der Waals surface area (Å²) in [6, 6.07) is 2.94. The van der Waals surface area contributed by atoms with Crippen LogP contribution in [0.1, 0.15) is 12.5 Å². The number of carbonyl (C=O) groups excluding carboxylic acids is 1. The van der Waals surface area contributed by atoms with E-state index in [-0.39, 0.29) is 10.7 Å². The highest BCUT2D eigenvalue weighted by Gasteiger charge is 2.40. The highest BCUT2D eigenvalue weighted by Crippen LogP contribution is 2.37. The average Bonchev–Trinajstić information content (AvgIpc) is 2.33. The van der Waals surface area contributed by atoms with E-state index in [2.05, 4.69) is 5.32 Å². The van der Waals surface area contributed by atoms with Gasteiger partial charge in [0, 0.05) is 5.56 Å². The Kier molecular flexibility index (Phi) is 1.81. The van der Waals surface area contributed by atoms with Gasteiger partial charge in [-0.1, -0.05) is 17.7 Å². The van der Waals surface area contributed by atoms with Gasteiger partial charge in [0.2, 0.25) is 5.91 Å². The number of halogens is 2. The average molecular weight is 215 g/mol. The van der Waals surface area contributed by atoms with Crippen molar-refractivity contribution in [3.63, 3.8) is 0 Å². The molecule has 1 aromatic rings. The lowest BCUT2D eigenvalue weighted by Crippen LogP contribution is -2.40. The number of rotatable bonds is 0. The summed E-state index contributed by atoms with van der Waals surface area (Å²) in [6.07, 6.45) is 0. The first-order chi connectivity index (χ1) is 6.44. The quantitative estimate of drug-likeness (QED) is 0.689. The molecule has 0 saturated heterocycles. The van der Waals surface area contributed by atoms with Gasteiger partial charge >= 0.3 is 0 Å². The smallest absolute Gasteiger partial charge is 0.248 e. The lowest BCUT2D eigenvalue weighted by Gasteiger charge is -2.14. The molecule has 1 atom stereocenters. The molecule has 1 aliphatic rings. The first-order valence-corrected chi connectivity index (χ1v) is 4.41. The van der Waals surface area contributed by atoms with E-state index < -0.39 is 17.3 Å². The molecule has 1 amide bonds. The molecular weight excluding hydrogens is 207 g/mol. The van der Waals surface area contributed by atoms with Crippen LogP contribution in [0.15, 0.2) is 12.1 Å². The second-order valence-electron chi connectivity index (χ2n) is 3.44. The van der Waals surface area contributed by atoms with Crippen LogP contribution in [0.25, 0.3) is 0 Å². The maximum atomic E-state index is 13.4. The van der Waals surface area contributed by atoms with E-state index in [9.17, 15) is 9.18 Å². The first-order valence-electron chi connectivity index (χ1n) is 4.03. The number of carbonyl (C=O) groups is 1. The summed E-state index contributed by atoms with van der Waals surface area (Å²) < 4.78 is 13.4. The largest absolute Gasteiger partial charge is 0.321 e. The number of hydrogen-bond acceptors (Lipinski definition) is 2. The van der Waals surface area contributed by atoms with Crippen LogP contribution in [0.4, 0.5) is 10.1 Å². The maximum absolute atomic E-state index is 13.4. The van der Waals surface area contributed by atoms with Crippen LogP contribution in [0.2, 0.25) is 5.02 Å². The monoisotopic (exact) mass is 214 g/mol. The Morgan fingerprint density at radius 3 is 2.86 bits per heavy atom. The Bertz CT molecular complexity index is 431. The number of hydrogen-bond donors (Lipinski definition) is 2. The zero-order chi connectivity index (χ0) is 10.5. The van der Waals surface area contributed by atoms with Gasteiger partial charge in [-0.25, -0.2) is 4.39 Å². The minimum Gasteiger partial charge on any atom is -0.321 e. The number of benzene rings is 1. The molecule has 0 aliphatic carbocycles. The topological polar surface area (TPSA) is 55.1 Å². The van der Waals surface area contributed by atoms with Crippen molar-refractivity contribution in [1.29, 1.82) is 0 Å². The summed E-state index contributed by atoms with van der Waals surface area (Å²) in [4.78, 5) is 11.4. The minimum atomic E-state index is -1.18. The van der Waals surface area contributed by atoms with E-state index in [1.807, 2.05) is 0 Å². The Morgan fingerprint density at radius 2 is 2.21 bits per heavy atom. The van der Waals surface area contributed by atoms with Crippen LogP contribution in [0, 0.1) is 5.82 Å². The fraction of sp³-hybridized carbons (Fsp3) is 0.222. The molecule has 0 radical (unpaired) electrons. The summed E-state index contributed by atoms with van der Waals surface area (Å²) in [5.74, 6) is -1.06. The normalized spacial score (nSPS) is 24.7. The van der Waals surface area contributed by atoms with Crippen molar-refractivity contribution < 1.29 is 9.18 Å². The Morgan fingerprint density at radius 1 is 1.57 bits per heavy atom. The van der Waals surface area contributed by atoms with E-state index >= 15 is 0 Å². The second kappa shape index (κ2) is 2.68. The van der Waals surface area contributed by atoms with Crippen LogP contribution >= 0.6 is 11.6 Å². The van der Waals surface area contributed by atoms with E-state index in [1.165, 1.54) is 13.0 Å². The van der Waals surface area contributed by atoms with Gasteiger partial charge in [-0.05, 0) is 13.0 Å². The summed E-state index contributed by atoms with van der Waals surface area (Å²) in [6.45, 7) is 1.53. The molecular formula is C9H8ClFN2O. The Balaban J connectivity index is 2.70. The first kappa shape index (κ1) is 9.43. The summed E-state index contributed by atoms with van der Waals surface area (Å²) in [5.41, 5.74) is 5.08. The van der Waals surface area contributed by atoms with Gasteiger partial charge in [-0.3, -0.25) is 4.79 Å². The molecule has 1 aromatic carbocycles. The predicted molar refractivity (Wildman–Crippen MR) is 51.6 cm³/mol. The molecule has 74 valence electrons. The van der Waals surface area contributed by atoms with Gasteiger partial charge < -0.3 is 11.1 Å². The second-order valence-corrected chi connectivity index (χ2v) is 3.85. The minimum absolute atomic E-state index is 0.0262. The molecule has 0 aromatic heterocycles. The lowest BCUT2D eigenvalue weighted by atomic mass is 9.95. The molecule has 0 bridgehead atoms. The molecule has 2 rings (SSSR count). The SMILES string of the molecule is C[C@]1(N)C(=O)Nc2c1ccc(Cl)c2F. The number of fused-ring (bicyclic) bond motifs is 1. The van der Waals surface area contributed by atoms with Gasteiger partial charge in [0.15, 0.2) is 5.82 Å². The Labute approximate surface area is 85.0 Å². The molecule has 14 heavy (non-hydrogen) atoms. The highest BCUT2D eigenvalue weighted by molar-refractivity contribution is 6.31. The van der Waals surface area contributed by atoms with Crippen LogP contribution in [0.5, 0.6) is 0 Å². The van der Waals surface area contributed by atoms with Gasteiger partial charge in [-0.15, -0.1) is 0 Å². The van der Waals surface area contributed by atoms with Gasteiger partial charge in [0.25, 0.3) is 0 Å². The van der Waals surface area contributed by atoms with E-state index in [1.54, 1.807) is 6.07 Å². The fourth-order valence-corrected chi connectivity index (χ4v) is 1.63. The van der Waals surface area contributed by atoms with Crippen LogP contribution < -0.4 is 11.1 Å². The van der Waals surface area contributed by atoms with Crippen molar-refractivity contribution in [2.45, 2.75) is 12.5 Å². The molecule has 0 fully saturated rings. The molecule has 0 saturated carbocycles. The van der Waals surface area contributed by atoms with Gasteiger partial charge in [0.05, 0.1) is 10.7 Å². The molecule has 5 heteroatoms. The van der Waals surface area contributed by atoms with Crippen molar-refractivity contribution >= 4 is 23.2 Å². The number of nitrogens with two attached hydrogens (primary N) is 1. The van der Waals surface area contributed by atoms with Gasteiger partial charge in [0.1, 0.15) is 5.54 Å². The third-order valence-corrected chi connectivity index (χ3v) is 2.66. The zero-order valence-corrected chi connectivity index (χ0v) is 8.15. The van der Waals surface area contributed by atoms with Gasteiger partial charge in [-0.2, -0.15) is 0 Å². The third kappa shape index (κ3) is 1.04. The van der Waals surface area contributed by atoms with E-state index in [0.29, 0.717) is 5.56 Å². The standard InChI is InChI=1S/C9H8ClFN2O/c1-9(12)4-2-3-5(10)6(11)7(4)13-8(9)14/h2-3H,12H2,1H3,(H,13,14)/t9-/m1/s1.